The maximum atomic E-state index is 14.3. The Hall–Kier alpha value is -6.57. The second kappa shape index (κ2) is 23.3. The molecular weight excluding hydrogens is 962 g/mol. The molecule has 16 nitrogen and oxygen atoms in total. The number of rotatable bonds is 19. The van der Waals surface area contributed by atoms with Crippen molar-refractivity contribution in [3.05, 3.63) is 106 Å². The number of hydrogen-bond acceptors (Lipinski definition) is 10. The van der Waals surface area contributed by atoms with Crippen molar-refractivity contribution in [3.8, 4) is 28.8 Å². The minimum atomic E-state index is -1.08. The summed E-state index contributed by atoms with van der Waals surface area (Å²) in [6.07, 6.45) is 1.91. The van der Waals surface area contributed by atoms with Gasteiger partial charge in [0, 0.05) is 66.4 Å². The van der Waals surface area contributed by atoms with Gasteiger partial charge in [-0.15, -0.1) is 0 Å². The summed E-state index contributed by atoms with van der Waals surface area (Å²) in [5.74, 6) is -0.565. The minimum Gasteiger partial charge on any atom is -0.494 e. The zero-order valence-corrected chi connectivity index (χ0v) is 45.4. The number of β-amino-alcohol motifs (C(OH)–C–C–N with tert-alkyl or cyclic N) is 1. The monoisotopic (exact) mass is 1040 g/mol. The lowest BCUT2D eigenvalue weighted by molar-refractivity contribution is -0.164. The number of amides is 5. The fraction of sp³-hybridized carbons (Fsp3) is 0.509. The molecule has 0 bridgehead atoms. The van der Waals surface area contributed by atoms with Gasteiger partial charge in [-0.3, -0.25) is 24.1 Å². The molecule has 1 saturated heterocycles. The molecule has 6 rings (SSSR count). The molecule has 2 heterocycles. The maximum Gasteiger partial charge on any atom is 0.410 e. The Morgan fingerprint density at radius 3 is 2.18 bits per heavy atom. The summed E-state index contributed by atoms with van der Waals surface area (Å²) in [6, 6.07) is 21.6. The first-order valence-electron chi connectivity index (χ1n) is 25.4. The average Bonchev–Trinajstić information content (AvgIpc) is 3.95. The van der Waals surface area contributed by atoms with Crippen LogP contribution in [0.5, 0.6) is 11.5 Å². The second-order valence-corrected chi connectivity index (χ2v) is 23.3. The number of halogens is 1. The molecule has 3 atom stereocenters. The number of carbonyl (C=O) groups excluding carboxylic acids is 5. The quantitative estimate of drug-likeness (QED) is 0.0563. The number of aliphatic hydroxyl groups is 1. The highest BCUT2D eigenvalue weighted by Gasteiger charge is 2.64. The SMILES string of the molecule is Cc1cc[nH]c1-c1ccc(CNC(=O)[C@@H]2C[C@@H](O)CN2C(=O)[C@@H](NC(=O)CN(CCCCCOc2ccc(C(=O)NC3C(C)(C)C(Oc4ccc(C#N)c(Cl)c4)C3(C)C)cc2)C(=O)OC(C)(C)C)C(C)(C)C)cc1. The van der Waals surface area contributed by atoms with Crippen molar-refractivity contribution < 1.29 is 43.3 Å². The Bertz CT molecular complexity index is 2670. The van der Waals surface area contributed by atoms with Crippen LogP contribution in [0.25, 0.3) is 11.3 Å². The van der Waals surface area contributed by atoms with Crippen molar-refractivity contribution in [2.45, 2.75) is 144 Å². The maximum absolute atomic E-state index is 14.3. The van der Waals surface area contributed by atoms with E-state index in [2.05, 4.69) is 27.0 Å². The van der Waals surface area contributed by atoms with Gasteiger partial charge in [-0.05, 0) is 112 Å². The number of aryl methyl sites for hydroxylation is 1. The van der Waals surface area contributed by atoms with Crippen LogP contribution in [-0.2, 0) is 25.7 Å². The smallest absolute Gasteiger partial charge is 0.410 e. The van der Waals surface area contributed by atoms with Crippen LogP contribution in [0, 0.1) is 34.5 Å². The lowest BCUT2D eigenvalue weighted by Gasteiger charge is -2.63. The molecule has 4 aromatic rings. The van der Waals surface area contributed by atoms with Crippen molar-refractivity contribution in [1.29, 1.82) is 5.26 Å². The molecule has 1 aliphatic carbocycles. The molecule has 1 saturated carbocycles. The first-order chi connectivity index (χ1) is 34.7. The molecule has 17 heteroatoms. The molecule has 0 unspecified atom stereocenters. The summed E-state index contributed by atoms with van der Waals surface area (Å²) < 4.78 is 18.0. The van der Waals surface area contributed by atoms with Gasteiger partial charge in [-0.25, -0.2) is 4.79 Å². The van der Waals surface area contributed by atoms with Gasteiger partial charge in [0.05, 0.1) is 23.3 Å². The highest BCUT2D eigenvalue weighted by Crippen LogP contribution is 2.55. The average molecular weight is 1040 g/mol. The molecule has 5 amide bonds. The van der Waals surface area contributed by atoms with E-state index in [1.165, 1.54) is 9.80 Å². The van der Waals surface area contributed by atoms with Gasteiger partial charge in [0.15, 0.2) is 0 Å². The fourth-order valence-electron chi connectivity index (χ4n) is 10.2. The van der Waals surface area contributed by atoms with Crippen molar-refractivity contribution in [2.24, 2.45) is 16.2 Å². The second-order valence-electron chi connectivity index (χ2n) is 22.8. The van der Waals surface area contributed by atoms with E-state index in [0.29, 0.717) is 53.5 Å². The summed E-state index contributed by atoms with van der Waals surface area (Å²) in [4.78, 5) is 74.6. The number of aliphatic hydroxyl groups excluding tert-OH is 1. The van der Waals surface area contributed by atoms with Gasteiger partial charge in [-0.2, -0.15) is 5.26 Å². The number of carbonyl (C=O) groups is 5. The number of hydrogen-bond donors (Lipinski definition) is 5. The molecule has 398 valence electrons. The Kier molecular flexibility index (Phi) is 17.9. The van der Waals surface area contributed by atoms with Gasteiger partial charge in [-0.1, -0.05) is 84.3 Å². The third kappa shape index (κ3) is 14.0. The Morgan fingerprint density at radius 2 is 1.58 bits per heavy atom. The van der Waals surface area contributed by atoms with Crippen molar-refractivity contribution in [1.82, 2.24) is 30.7 Å². The molecule has 74 heavy (non-hydrogen) atoms. The summed E-state index contributed by atoms with van der Waals surface area (Å²) >= 11 is 6.25. The first-order valence-corrected chi connectivity index (χ1v) is 25.7. The largest absolute Gasteiger partial charge is 0.494 e. The summed E-state index contributed by atoms with van der Waals surface area (Å²) in [5.41, 5.74) is 2.41. The van der Waals surface area contributed by atoms with E-state index < -0.39 is 63.8 Å². The highest BCUT2D eigenvalue weighted by molar-refractivity contribution is 6.31. The van der Waals surface area contributed by atoms with Crippen molar-refractivity contribution in [2.75, 3.05) is 26.2 Å². The number of H-pyrrole nitrogens is 1. The molecule has 1 aliphatic heterocycles. The van der Waals surface area contributed by atoms with Crippen LogP contribution in [0.3, 0.4) is 0 Å². The third-order valence-corrected chi connectivity index (χ3v) is 14.1. The number of aromatic nitrogens is 1. The Morgan fingerprint density at radius 1 is 0.919 bits per heavy atom. The number of unbranched alkanes of at least 4 members (excludes halogenated alkanes) is 2. The molecule has 1 aromatic heterocycles. The van der Waals surface area contributed by atoms with E-state index in [0.717, 1.165) is 22.4 Å². The van der Waals surface area contributed by atoms with Gasteiger partial charge < -0.3 is 45.2 Å². The van der Waals surface area contributed by atoms with Gasteiger partial charge in [0.25, 0.3) is 5.91 Å². The molecule has 3 aromatic carbocycles. The Balaban J connectivity index is 0.975. The zero-order chi connectivity index (χ0) is 54.3. The van der Waals surface area contributed by atoms with E-state index in [-0.39, 0.29) is 50.7 Å². The van der Waals surface area contributed by atoms with E-state index in [1.54, 1.807) is 84.0 Å². The Labute approximate surface area is 440 Å². The minimum absolute atomic E-state index is 0.0487. The third-order valence-electron chi connectivity index (χ3n) is 13.8. The molecule has 2 fully saturated rings. The van der Waals surface area contributed by atoms with Crippen LogP contribution in [0.4, 0.5) is 4.79 Å². The van der Waals surface area contributed by atoms with E-state index in [1.807, 2.05) is 71.1 Å². The number of nitriles is 1. The van der Waals surface area contributed by atoms with Gasteiger partial charge in [0.1, 0.15) is 47.9 Å². The molecule has 2 aliphatic rings. The number of benzene rings is 3. The predicted octanol–water partition coefficient (Wildman–Crippen LogP) is 8.72. The number of likely N-dealkylation sites (tertiary alicyclic amines) is 1. The van der Waals surface area contributed by atoms with Gasteiger partial charge in [0.2, 0.25) is 17.7 Å². The van der Waals surface area contributed by atoms with Gasteiger partial charge >= 0.3 is 6.09 Å². The van der Waals surface area contributed by atoms with Crippen LogP contribution in [0.2, 0.25) is 5.02 Å². The molecule has 0 radical (unpaired) electrons. The zero-order valence-electron chi connectivity index (χ0n) is 44.7. The lowest BCUT2D eigenvalue weighted by Crippen LogP contribution is -2.74. The van der Waals surface area contributed by atoms with Crippen molar-refractivity contribution in [3.63, 3.8) is 0 Å². The number of nitrogens with zero attached hydrogens (tertiary/aromatic N) is 3. The van der Waals surface area contributed by atoms with Crippen LogP contribution in [0.15, 0.2) is 79.0 Å². The van der Waals surface area contributed by atoms with E-state index in [9.17, 15) is 34.3 Å². The number of ether oxygens (including phenoxy) is 3. The normalized spacial score (nSPS) is 19.3. The fourth-order valence-corrected chi connectivity index (χ4v) is 10.4. The van der Waals surface area contributed by atoms with Crippen LogP contribution in [-0.4, -0.2) is 112 Å². The van der Waals surface area contributed by atoms with E-state index >= 15 is 0 Å². The van der Waals surface area contributed by atoms with Crippen LogP contribution >= 0.6 is 11.6 Å². The summed E-state index contributed by atoms with van der Waals surface area (Å²) in [5, 5.41) is 29.3. The van der Waals surface area contributed by atoms with Crippen LogP contribution in [0.1, 0.15) is 122 Å². The highest BCUT2D eigenvalue weighted by atomic mass is 35.5. The topological polar surface area (TPSA) is 215 Å². The predicted molar refractivity (Wildman–Crippen MR) is 283 cm³/mol. The molecular formula is C57H74ClN7O9. The molecule has 0 spiro atoms. The summed E-state index contributed by atoms with van der Waals surface area (Å²) in [7, 11) is 0. The first kappa shape index (κ1) is 56.7. The van der Waals surface area contributed by atoms with Crippen molar-refractivity contribution >= 4 is 41.3 Å². The van der Waals surface area contributed by atoms with Crippen LogP contribution < -0.4 is 25.4 Å². The standard InChI is InChI=1S/C57H74ClN7O9/c1-35-25-26-60-46(35)37-17-15-36(16-18-37)32-61-49(69)44-29-40(66)33-65(44)50(70)47(54(2,3)4)62-45(67)34-64(53(71)74-55(5,6)7)27-13-12-14-28-72-41-22-19-38(20-23-41)48(68)63-51-56(8,9)52(57(51,10)11)73-42-24-21-39(31-59)43(58)30-42/h15-26,30,40,44,47,51-52,60,66H,12-14,27-29,32-34H2,1-11H3,(H,61,69)(H,62,67)(H,63,68)/t40-,44+,47-,51?,52?/m1/s1. The summed E-state index contributed by atoms with van der Waals surface area (Å²) in [6.45, 7) is 21.2. The number of aromatic amines is 1. The van der Waals surface area contributed by atoms with E-state index in [4.69, 9.17) is 25.8 Å². The lowest BCUT2D eigenvalue weighted by atomic mass is 9.49. The molecule has 5 N–H and O–H groups in total. The number of nitrogens with one attached hydrogen (secondary N) is 4.